The van der Waals surface area contributed by atoms with Crippen molar-refractivity contribution in [2.24, 2.45) is 0 Å². The topological polar surface area (TPSA) is 52.2 Å². The molecule has 1 aliphatic rings. The molecule has 5 heteroatoms. The molecule has 1 aliphatic heterocycles. The van der Waals surface area contributed by atoms with E-state index in [4.69, 9.17) is 0 Å². The third kappa shape index (κ3) is 2.21. The summed E-state index contributed by atoms with van der Waals surface area (Å²) >= 11 is 0. The molecule has 100 valence electrons. The first-order chi connectivity index (χ1) is 9.15. The maximum Gasteiger partial charge on any atom is 0.254 e. The number of imidazole rings is 1. The van der Waals surface area contributed by atoms with Crippen LogP contribution in [0, 0.1) is 0 Å². The van der Waals surface area contributed by atoms with E-state index >= 15 is 0 Å². The zero-order chi connectivity index (χ0) is 13.4. The minimum absolute atomic E-state index is 0.108. The highest BCUT2D eigenvalue weighted by Gasteiger charge is 2.26. The van der Waals surface area contributed by atoms with Crippen LogP contribution in [0.1, 0.15) is 17.3 Å². The Morgan fingerprint density at radius 3 is 3.05 bits per heavy atom. The van der Waals surface area contributed by atoms with E-state index in [1.165, 1.54) is 0 Å². The highest BCUT2D eigenvalue weighted by atomic mass is 16.2. The van der Waals surface area contributed by atoms with Crippen molar-refractivity contribution in [3.63, 3.8) is 0 Å². The van der Waals surface area contributed by atoms with Crippen molar-refractivity contribution in [3.05, 3.63) is 30.1 Å². The second kappa shape index (κ2) is 4.66. The first-order valence-electron chi connectivity index (χ1n) is 6.58. The largest absolute Gasteiger partial charge is 0.345 e. The molecule has 2 heterocycles. The molecule has 1 unspecified atom stereocenters. The fourth-order valence-corrected chi connectivity index (χ4v) is 2.68. The molecule has 5 nitrogen and oxygen atoms in total. The van der Waals surface area contributed by atoms with Crippen molar-refractivity contribution in [2.75, 3.05) is 26.7 Å². The number of nitrogens with zero attached hydrogens (tertiary/aromatic N) is 3. The summed E-state index contributed by atoms with van der Waals surface area (Å²) in [5, 5.41) is 0. The number of likely N-dealkylation sites (N-methyl/N-ethyl adjacent to an activating group) is 1. The number of nitrogens with one attached hydrogen (secondary N) is 1. The number of piperazine rings is 1. The standard InChI is InChI=1S/C14H18N4O/c1-10-8-17(2)5-6-18(10)14(19)11-3-4-12-13(7-11)16-9-15-12/h3-4,7,9-10H,5-6,8H2,1-2H3,(H,15,16). The van der Waals surface area contributed by atoms with Crippen LogP contribution in [0.3, 0.4) is 0 Å². The van der Waals surface area contributed by atoms with Crippen LogP contribution in [0.4, 0.5) is 0 Å². The van der Waals surface area contributed by atoms with Gasteiger partial charge in [0.05, 0.1) is 17.4 Å². The summed E-state index contributed by atoms with van der Waals surface area (Å²) in [6.07, 6.45) is 1.65. The number of carbonyl (C=O) groups is 1. The van der Waals surface area contributed by atoms with Crippen LogP contribution in [-0.4, -0.2) is 58.4 Å². The van der Waals surface area contributed by atoms with Crippen molar-refractivity contribution < 1.29 is 4.79 Å². The summed E-state index contributed by atoms with van der Waals surface area (Å²) in [4.78, 5) is 24.0. The van der Waals surface area contributed by atoms with E-state index in [0.29, 0.717) is 0 Å². The van der Waals surface area contributed by atoms with Crippen LogP contribution < -0.4 is 0 Å². The summed E-state index contributed by atoms with van der Waals surface area (Å²) in [5.74, 6) is 0.108. The zero-order valence-electron chi connectivity index (χ0n) is 11.3. The molecule has 0 spiro atoms. The third-order valence-electron chi connectivity index (χ3n) is 3.76. The molecule has 1 fully saturated rings. The van der Waals surface area contributed by atoms with Crippen LogP contribution in [-0.2, 0) is 0 Å². The number of aromatic nitrogens is 2. The summed E-state index contributed by atoms with van der Waals surface area (Å²) in [5.41, 5.74) is 2.53. The van der Waals surface area contributed by atoms with Crippen LogP contribution in [0.15, 0.2) is 24.5 Å². The lowest BCUT2D eigenvalue weighted by molar-refractivity contribution is 0.0533. The predicted octanol–water partition coefficient (Wildman–Crippen LogP) is 1.34. The van der Waals surface area contributed by atoms with Crippen LogP contribution in [0.2, 0.25) is 0 Å². The van der Waals surface area contributed by atoms with E-state index in [1.54, 1.807) is 6.33 Å². The van der Waals surface area contributed by atoms with Crippen molar-refractivity contribution in [2.45, 2.75) is 13.0 Å². The maximum absolute atomic E-state index is 12.6. The number of benzene rings is 1. The Labute approximate surface area is 112 Å². The van der Waals surface area contributed by atoms with Crippen LogP contribution in [0.25, 0.3) is 11.0 Å². The van der Waals surface area contributed by atoms with Gasteiger partial charge < -0.3 is 14.8 Å². The molecule has 1 atom stereocenters. The number of rotatable bonds is 1. The van der Waals surface area contributed by atoms with Gasteiger partial charge in [-0.3, -0.25) is 4.79 Å². The Morgan fingerprint density at radius 1 is 1.42 bits per heavy atom. The molecule has 1 saturated heterocycles. The Balaban J connectivity index is 1.86. The Hall–Kier alpha value is -1.88. The second-order valence-electron chi connectivity index (χ2n) is 5.24. The van der Waals surface area contributed by atoms with Crippen molar-refractivity contribution >= 4 is 16.9 Å². The minimum Gasteiger partial charge on any atom is -0.345 e. The monoisotopic (exact) mass is 258 g/mol. The molecule has 0 bridgehead atoms. The SMILES string of the molecule is CC1CN(C)CCN1C(=O)c1ccc2nc[nH]c2c1. The van der Waals surface area contributed by atoms with Gasteiger partial charge in [-0.1, -0.05) is 0 Å². The van der Waals surface area contributed by atoms with Gasteiger partial charge in [-0.2, -0.15) is 0 Å². The van der Waals surface area contributed by atoms with Gasteiger partial charge in [0, 0.05) is 31.2 Å². The molecular formula is C14H18N4O. The van der Waals surface area contributed by atoms with Crippen LogP contribution >= 0.6 is 0 Å². The fourth-order valence-electron chi connectivity index (χ4n) is 2.68. The predicted molar refractivity (Wildman–Crippen MR) is 74.1 cm³/mol. The van der Waals surface area contributed by atoms with Gasteiger partial charge in [0.25, 0.3) is 5.91 Å². The molecule has 1 aromatic heterocycles. The average molecular weight is 258 g/mol. The third-order valence-corrected chi connectivity index (χ3v) is 3.76. The summed E-state index contributed by atoms with van der Waals surface area (Å²) in [6, 6.07) is 5.88. The first-order valence-corrected chi connectivity index (χ1v) is 6.58. The van der Waals surface area contributed by atoms with Gasteiger partial charge in [0.15, 0.2) is 0 Å². The number of aromatic amines is 1. The van der Waals surface area contributed by atoms with E-state index < -0.39 is 0 Å². The Kier molecular flexibility index (Phi) is 2.98. The first kappa shape index (κ1) is 12.2. The lowest BCUT2D eigenvalue weighted by atomic mass is 10.1. The van der Waals surface area contributed by atoms with E-state index in [-0.39, 0.29) is 11.9 Å². The highest BCUT2D eigenvalue weighted by molar-refractivity contribution is 5.97. The van der Waals surface area contributed by atoms with Crippen molar-refractivity contribution in [1.29, 1.82) is 0 Å². The van der Waals surface area contributed by atoms with Gasteiger partial charge >= 0.3 is 0 Å². The van der Waals surface area contributed by atoms with Crippen molar-refractivity contribution in [1.82, 2.24) is 19.8 Å². The average Bonchev–Trinajstić information content (AvgIpc) is 2.85. The second-order valence-corrected chi connectivity index (χ2v) is 5.24. The summed E-state index contributed by atoms with van der Waals surface area (Å²) in [6.45, 7) is 4.75. The molecule has 1 aromatic carbocycles. The number of amides is 1. The minimum atomic E-state index is 0.108. The number of hydrogen-bond acceptors (Lipinski definition) is 3. The Bertz CT molecular complexity index is 606. The van der Waals surface area contributed by atoms with E-state index in [1.807, 2.05) is 23.1 Å². The zero-order valence-corrected chi connectivity index (χ0v) is 11.3. The molecule has 0 radical (unpaired) electrons. The number of fused-ring (bicyclic) bond motifs is 1. The number of H-pyrrole nitrogens is 1. The van der Waals surface area contributed by atoms with Gasteiger partial charge in [-0.15, -0.1) is 0 Å². The molecule has 1 N–H and O–H groups in total. The molecule has 2 aromatic rings. The maximum atomic E-state index is 12.6. The smallest absolute Gasteiger partial charge is 0.254 e. The van der Waals surface area contributed by atoms with Crippen LogP contribution in [0.5, 0.6) is 0 Å². The summed E-state index contributed by atoms with van der Waals surface area (Å²) in [7, 11) is 2.09. The highest BCUT2D eigenvalue weighted by Crippen LogP contribution is 2.16. The molecule has 1 amide bonds. The van der Waals surface area contributed by atoms with E-state index in [9.17, 15) is 4.79 Å². The lowest BCUT2D eigenvalue weighted by Gasteiger charge is -2.38. The van der Waals surface area contributed by atoms with Gasteiger partial charge in [0.1, 0.15) is 0 Å². The summed E-state index contributed by atoms with van der Waals surface area (Å²) < 4.78 is 0. The molecule has 0 saturated carbocycles. The molecule has 19 heavy (non-hydrogen) atoms. The van der Waals surface area contributed by atoms with Gasteiger partial charge in [-0.05, 0) is 32.2 Å². The molecule has 0 aliphatic carbocycles. The Morgan fingerprint density at radius 2 is 2.26 bits per heavy atom. The molecule has 3 rings (SSSR count). The van der Waals surface area contributed by atoms with E-state index in [2.05, 4.69) is 28.8 Å². The number of carbonyl (C=O) groups excluding carboxylic acids is 1. The lowest BCUT2D eigenvalue weighted by Crippen LogP contribution is -2.52. The number of hydrogen-bond donors (Lipinski definition) is 1. The van der Waals surface area contributed by atoms with Gasteiger partial charge in [0.2, 0.25) is 0 Å². The van der Waals surface area contributed by atoms with E-state index in [0.717, 1.165) is 36.2 Å². The molecular weight excluding hydrogens is 240 g/mol. The van der Waals surface area contributed by atoms with Gasteiger partial charge in [-0.25, -0.2) is 4.98 Å². The normalized spacial score (nSPS) is 20.9. The fraction of sp³-hybridized carbons (Fsp3) is 0.429. The van der Waals surface area contributed by atoms with Crippen molar-refractivity contribution in [3.8, 4) is 0 Å². The quantitative estimate of drug-likeness (QED) is 0.839.